The molecular weight excluding hydrogens is 208 g/mol. The van der Waals surface area contributed by atoms with E-state index in [9.17, 15) is 0 Å². The van der Waals surface area contributed by atoms with Crippen LogP contribution in [0.15, 0.2) is 4.99 Å². The van der Waals surface area contributed by atoms with Crippen molar-refractivity contribution in [3.8, 4) is 0 Å². The largest absolute Gasteiger partial charge is 0.385 e. The van der Waals surface area contributed by atoms with E-state index in [4.69, 9.17) is 4.74 Å². The summed E-state index contributed by atoms with van der Waals surface area (Å²) in [7, 11) is 1.73. The van der Waals surface area contributed by atoms with E-state index < -0.39 is 0 Å². The molecule has 1 aliphatic heterocycles. The minimum absolute atomic E-state index is 0.296. The minimum atomic E-state index is 0.296. The monoisotopic (exact) mass is 230 g/mol. The Morgan fingerprint density at radius 2 is 2.20 bits per heavy atom. The number of ether oxygens (including phenoxy) is 1. The lowest BCUT2D eigenvalue weighted by Gasteiger charge is -2.25. The van der Waals surface area contributed by atoms with Crippen molar-refractivity contribution in [2.75, 3.05) is 26.0 Å². The van der Waals surface area contributed by atoms with E-state index in [1.807, 2.05) is 11.8 Å². The molecule has 0 aromatic heterocycles. The van der Waals surface area contributed by atoms with Crippen molar-refractivity contribution < 1.29 is 4.74 Å². The van der Waals surface area contributed by atoms with Gasteiger partial charge in [-0.3, -0.25) is 4.99 Å². The van der Waals surface area contributed by atoms with Gasteiger partial charge in [-0.2, -0.15) is 0 Å². The van der Waals surface area contributed by atoms with Gasteiger partial charge in [0, 0.05) is 31.6 Å². The molecular formula is C11H22N2OS. The maximum absolute atomic E-state index is 4.99. The number of methoxy groups -OCH3 is 1. The van der Waals surface area contributed by atoms with Crippen LogP contribution in [0.4, 0.5) is 0 Å². The summed E-state index contributed by atoms with van der Waals surface area (Å²) >= 11 is 1.85. The number of amidine groups is 1. The van der Waals surface area contributed by atoms with E-state index in [1.165, 1.54) is 12.8 Å². The number of nitrogens with zero attached hydrogens (tertiary/aromatic N) is 1. The number of hydrogen-bond donors (Lipinski definition) is 1. The van der Waals surface area contributed by atoms with E-state index in [0.717, 1.165) is 30.5 Å². The normalized spacial score (nSPS) is 21.9. The van der Waals surface area contributed by atoms with Gasteiger partial charge in [0.05, 0.1) is 0 Å². The summed E-state index contributed by atoms with van der Waals surface area (Å²) in [5, 5.41) is 4.67. The van der Waals surface area contributed by atoms with Gasteiger partial charge in [0.2, 0.25) is 0 Å². The molecule has 4 heteroatoms. The molecule has 0 bridgehead atoms. The van der Waals surface area contributed by atoms with Crippen molar-refractivity contribution in [3.05, 3.63) is 0 Å². The number of aliphatic imine (C=N–C) groups is 1. The third kappa shape index (κ3) is 3.68. The number of rotatable bonds is 6. The van der Waals surface area contributed by atoms with Crippen molar-refractivity contribution in [2.24, 2.45) is 4.99 Å². The van der Waals surface area contributed by atoms with Crippen molar-refractivity contribution in [3.63, 3.8) is 0 Å². The van der Waals surface area contributed by atoms with Crippen LogP contribution in [-0.2, 0) is 4.74 Å². The van der Waals surface area contributed by atoms with Gasteiger partial charge >= 0.3 is 0 Å². The Bertz CT molecular complexity index is 215. The van der Waals surface area contributed by atoms with Gasteiger partial charge in [0.25, 0.3) is 0 Å². The summed E-state index contributed by atoms with van der Waals surface area (Å²) in [4.78, 5) is 4.54. The van der Waals surface area contributed by atoms with E-state index in [-0.39, 0.29) is 0 Å². The lowest BCUT2D eigenvalue weighted by atomic mass is 9.96. The van der Waals surface area contributed by atoms with Gasteiger partial charge in [0.15, 0.2) is 5.17 Å². The molecule has 88 valence electrons. The maximum Gasteiger partial charge on any atom is 0.157 e. The highest BCUT2D eigenvalue weighted by Crippen LogP contribution is 2.28. The first kappa shape index (κ1) is 12.8. The van der Waals surface area contributed by atoms with Gasteiger partial charge in [-0.1, -0.05) is 25.6 Å². The molecule has 0 aromatic rings. The van der Waals surface area contributed by atoms with Crippen LogP contribution in [0.25, 0.3) is 0 Å². The predicted octanol–water partition coefficient (Wildman–Crippen LogP) is 2.27. The highest BCUT2D eigenvalue weighted by atomic mass is 32.2. The van der Waals surface area contributed by atoms with E-state index in [0.29, 0.717) is 5.54 Å². The van der Waals surface area contributed by atoms with Crippen molar-refractivity contribution in [1.29, 1.82) is 0 Å². The SMILES string of the molecule is CCC1(CC)CSC(=NCCCOC)N1. The first-order valence-corrected chi connectivity index (χ1v) is 6.69. The molecule has 15 heavy (non-hydrogen) atoms. The Labute approximate surface area is 97.1 Å². The van der Waals surface area contributed by atoms with E-state index in [2.05, 4.69) is 24.2 Å². The van der Waals surface area contributed by atoms with Gasteiger partial charge in [-0.05, 0) is 19.3 Å². The lowest BCUT2D eigenvalue weighted by molar-refractivity contribution is 0.197. The maximum atomic E-state index is 4.99. The van der Waals surface area contributed by atoms with Crippen LogP contribution in [-0.4, -0.2) is 36.7 Å². The van der Waals surface area contributed by atoms with Crippen LogP contribution in [0.3, 0.4) is 0 Å². The summed E-state index contributed by atoms with van der Waals surface area (Å²) in [6.45, 7) is 6.15. The first-order valence-electron chi connectivity index (χ1n) is 5.70. The van der Waals surface area contributed by atoms with E-state index >= 15 is 0 Å². The zero-order chi connectivity index (χ0) is 11.1. The second kappa shape index (κ2) is 6.38. The summed E-state index contributed by atoms with van der Waals surface area (Å²) < 4.78 is 4.99. The average Bonchev–Trinajstić information content (AvgIpc) is 2.69. The van der Waals surface area contributed by atoms with Gasteiger partial charge in [-0.15, -0.1) is 0 Å². The average molecular weight is 230 g/mol. The minimum Gasteiger partial charge on any atom is -0.385 e. The zero-order valence-corrected chi connectivity index (χ0v) is 10.8. The Kier molecular flexibility index (Phi) is 5.47. The predicted molar refractivity (Wildman–Crippen MR) is 67.7 cm³/mol. The lowest BCUT2D eigenvalue weighted by Crippen LogP contribution is -2.42. The fourth-order valence-corrected chi connectivity index (χ4v) is 2.98. The topological polar surface area (TPSA) is 33.6 Å². The van der Waals surface area contributed by atoms with Crippen LogP contribution in [0.2, 0.25) is 0 Å². The van der Waals surface area contributed by atoms with Gasteiger partial charge in [-0.25, -0.2) is 0 Å². The molecule has 0 atom stereocenters. The fourth-order valence-electron chi connectivity index (χ4n) is 1.61. The molecule has 0 aliphatic carbocycles. The molecule has 0 aromatic carbocycles. The number of nitrogens with one attached hydrogen (secondary N) is 1. The van der Waals surface area contributed by atoms with Crippen molar-refractivity contribution in [2.45, 2.75) is 38.6 Å². The molecule has 0 saturated carbocycles. The van der Waals surface area contributed by atoms with Crippen LogP contribution in [0.5, 0.6) is 0 Å². The van der Waals surface area contributed by atoms with E-state index in [1.54, 1.807) is 7.11 Å². The molecule has 1 saturated heterocycles. The smallest absolute Gasteiger partial charge is 0.157 e. The number of hydrogen-bond acceptors (Lipinski definition) is 3. The second-order valence-electron chi connectivity index (χ2n) is 3.93. The Balaban J connectivity index is 2.34. The Hall–Kier alpha value is -0.220. The van der Waals surface area contributed by atoms with Crippen molar-refractivity contribution >= 4 is 16.9 Å². The zero-order valence-electron chi connectivity index (χ0n) is 10.0. The third-order valence-corrected chi connectivity index (χ3v) is 4.17. The van der Waals surface area contributed by atoms with Crippen LogP contribution < -0.4 is 5.32 Å². The van der Waals surface area contributed by atoms with Crippen LogP contribution in [0.1, 0.15) is 33.1 Å². The summed E-state index contributed by atoms with van der Waals surface area (Å²) in [6, 6.07) is 0. The molecule has 0 spiro atoms. The molecule has 1 aliphatic rings. The molecule has 0 amide bonds. The molecule has 1 rings (SSSR count). The molecule has 3 nitrogen and oxygen atoms in total. The summed E-state index contributed by atoms with van der Waals surface area (Å²) in [5.41, 5.74) is 0.296. The van der Waals surface area contributed by atoms with Crippen molar-refractivity contribution in [1.82, 2.24) is 5.32 Å². The second-order valence-corrected chi connectivity index (χ2v) is 4.90. The highest BCUT2D eigenvalue weighted by molar-refractivity contribution is 8.14. The number of thioether (sulfide) groups is 1. The summed E-state index contributed by atoms with van der Waals surface area (Å²) in [6.07, 6.45) is 3.36. The Morgan fingerprint density at radius 3 is 2.73 bits per heavy atom. The third-order valence-electron chi connectivity index (χ3n) is 2.97. The quantitative estimate of drug-likeness (QED) is 0.711. The molecule has 1 N–H and O–H groups in total. The van der Waals surface area contributed by atoms with Gasteiger partial charge in [0.1, 0.15) is 0 Å². The Morgan fingerprint density at radius 1 is 1.47 bits per heavy atom. The first-order chi connectivity index (χ1) is 7.26. The molecule has 0 radical (unpaired) electrons. The molecule has 1 heterocycles. The van der Waals surface area contributed by atoms with Gasteiger partial charge < -0.3 is 10.1 Å². The fraction of sp³-hybridized carbons (Fsp3) is 0.909. The molecule has 1 fully saturated rings. The van der Waals surface area contributed by atoms with Crippen LogP contribution in [0, 0.1) is 0 Å². The van der Waals surface area contributed by atoms with Crippen LogP contribution >= 0.6 is 11.8 Å². The highest BCUT2D eigenvalue weighted by Gasteiger charge is 2.33. The summed E-state index contributed by atoms with van der Waals surface area (Å²) in [5.74, 6) is 1.16. The molecule has 0 unspecified atom stereocenters. The standard InChI is InChI=1S/C11H22N2OS/c1-4-11(5-2)9-15-10(13-11)12-7-6-8-14-3/h4-9H2,1-3H3,(H,12,13).